The van der Waals surface area contributed by atoms with Gasteiger partial charge in [0.25, 0.3) is 0 Å². The van der Waals surface area contributed by atoms with Gasteiger partial charge in [0.2, 0.25) is 0 Å². The Morgan fingerprint density at radius 1 is 1.12 bits per heavy atom. The van der Waals surface area contributed by atoms with Crippen LogP contribution in [0.3, 0.4) is 0 Å². The molecular formula is C19H35IN4S. The lowest BCUT2D eigenvalue weighted by molar-refractivity contribution is 0.297. The molecule has 0 bridgehead atoms. The molecule has 6 heteroatoms. The van der Waals surface area contributed by atoms with Crippen LogP contribution in [0.1, 0.15) is 32.3 Å². The molecule has 0 heterocycles. The molecule has 0 amide bonds. The monoisotopic (exact) mass is 478 g/mol. The van der Waals surface area contributed by atoms with Crippen LogP contribution in [0.15, 0.2) is 34.2 Å². The minimum Gasteiger partial charge on any atom is -0.356 e. The summed E-state index contributed by atoms with van der Waals surface area (Å²) in [4.78, 5) is 10.4. The van der Waals surface area contributed by atoms with E-state index in [1.54, 1.807) is 11.8 Å². The number of benzene rings is 1. The van der Waals surface area contributed by atoms with Crippen molar-refractivity contribution in [3.63, 3.8) is 0 Å². The van der Waals surface area contributed by atoms with Crippen molar-refractivity contribution in [2.45, 2.75) is 38.1 Å². The second-order valence-electron chi connectivity index (χ2n) is 5.91. The van der Waals surface area contributed by atoms with E-state index in [9.17, 15) is 0 Å². The normalized spacial score (nSPS) is 11.4. The van der Waals surface area contributed by atoms with Gasteiger partial charge in [0.05, 0.1) is 0 Å². The van der Waals surface area contributed by atoms with Crippen molar-refractivity contribution in [2.75, 3.05) is 46.5 Å². The number of hydrogen-bond donors (Lipinski definition) is 1. The maximum absolute atomic E-state index is 4.40. The fraction of sp³-hybridized carbons (Fsp3) is 0.632. The Labute approximate surface area is 175 Å². The Balaban J connectivity index is 0.00000576. The Hall–Kier alpha value is -0.470. The van der Waals surface area contributed by atoms with Crippen molar-refractivity contribution in [1.82, 2.24) is 15.1 Å². The summed E-state index contributed by atoms with van der Waals surface area (Å²) in [5.74, 6) is 0.965. The van der Waals surface area contributed by atoms with Crippen LogP contribution < -0.4 is 5.32 Å². The first-order chi connectivity index (χ1) is 11.6. The Bertz CT molecular complexity index is 475. The van der Waals surface area contributed by atoms with Gasteiger partial charge in [0, 0.05) is 32.1 Å². The zero-order chi connectivity index (χ0) is 17.8. The van der Waals surface area contributed by atoms with E-state index in [-0.39, 0.29) is 24.0 Å². The highest BCUT2D eigenvalue weighted by Gasteiger charge is 2.06. The summed E-state index contributed by atoms with van der Waals surface area (Å²) >= 11 is 1.77. The summed E-state index contributed by atoms with van der Waals surface area (Å²) in [6, 6.07) is 8.74. The van der Waals surface area contributed by atoms with Crippen molar-refractivity contribution < 1.29 is 0 Å². The molecule has 1 aromatic carbocycles. The molecule has 1 N–H and O–H groups in total. The highest BCUT2D eigenvalue weighted by Crippen LogP contribution is 2.15. The van der Waals surface area contributed by atoms with E-state index in [4.69, 9.17) is 0 Å². The lowest BCUT2D eigenvalue weighted by atomic mass is 10.2. The highest BCUT2D eigenvalue weighted by molar-refractivity contribution is 14.0. The van der Waals surface area contributed by atoms with Gasteiger partial charge in [-0.2, -0.15) is 0 Å². The summed E-state index contributed by atoms with van der Waals surface area (Å²) < 4.78 is 0. The van der Waals surface area contributed by atoms with Crippen LogP contribution in [0, 0.1) is 0 Å². The van der Waals surface area contributed by atoms with Crippen LogP contribution >= 0.6 is 35.7 Å². The van der Waals surface area contributed by atoms with E-state index in [1.807, 2.05) is 7.05 Å². The quantitative estimate of drug-likeness (QED) is 0.180. The highest BCUT2D eigenvalue weighted by atomic mass is 127. The number of halogens is 1. The van der Waals surface area contributed by atoms with Crippen molar-refractivity contribution >= 4 is 41.7 Å². The van der Waals surface area contributed by atoms with Gasteiger partial charge in [0.1, 0.15) is 0 Å². The molecule has 0 aliphatic carbocycles. The molecule has 0 aromatic heterocycles. The molecule has 0 spiro atoms. The predicted octanol–water partition coefficient (Wildman–Crippen LogP) is 4.16. The third kappa shape index (κ3) is 9.70. The first-order valence-corrected chi connectivity index (χ1v) is 10.1. The van der Waals surface area contributed by atoms with Crippen molar-refractivity contribution in [1.29, 1.82) is 0 Å². The SMILES string of the molecule is CCN(CC)CCCCNC(=NC)N(C)Cc1ccc(SC)cc1.I. The largest absolute Gasteiger partial charge is 0.356 e. The van der Waals surface area contributed by atoms with E-state index in [0.717, 1.165) is 32.1 Å². The molecule has 4 nitrogen and oxygen atoms in total. The molecule has 0 fully saturated rings. The summed E-state index contributed by atoms with van der Waals surface area (Å²) in [5, 5.41) is 3.48. The number of guanidine groups is 1. The summed E-state index contributed by atoms with van der Waals surface area (Å²) in [7, 11) is 3.94. The number of thioether (sulfide) groups is 1. The van der Waals surface area contributed by atoms with E-state index < -0.39 is 0 Å². The Morgan fingerprint density at radius 2 is 1.76 bits per heavy atom. The first-order valence-electron chi connectivity index (χ1n) is 8.91. The van der Waals surface area contributed by atoms with Gasteiger partial charge in [-0.05, 0) is 56.4 Å². The summed E-state index contributed by atoms with van der Waals surface area (Å²) in [6.07, 6.45) is 4.50. The third-order valence-corrected chi connectivity index (χ3v) is 4.97. The van der Waals surface area contributed by atoms with E-state index >= 15 is 0 Å². The number of unbranched alkanes of at least 4 members (excludes halogenated alkanes) is 1. The topological polar surface area (TPSA) is 30.9 Å². The van der Waals surface area contributed by atoms with Crippen molar-refractivity contribution in [3.05, 3.63) is 29.8 Å². The van der Waals surface area contributed by atoms with E-state index in [2.05, 4.69) is 71.5 Å². The smallest absolute Gasteiger partial charge is 0.193 e. The molecule has 1 rings (SSSR count). The van der Waals surface area contributed by atoms with Crippen LogP contribution in [0.2, 0.25) is 0 Å². The number of aliphatic imine (C=N–C) groups is 1. The molecule has 0 unspecified atom stereocenters. The van der Waals surface area contributed by atoms with E-state index in [1.165, 1.54) is 29.8 Å². The lowest BCUT2D eigenvalue weighted by Crippen LogP contribution is -2.39. The fourth-order valence-corrected chi connectivity index (χ4v) is 3.07. The molecule has 0 aliphatic rings. The maximum atomic E-state index is 4.40. The molecule has 144 valence electrons. The molecule has 1 aromatic rings. The number of nitrogens with one attached hydrogen (secondary N) is 1. The molecule has 0 radical (unpaired) electrons. The molecule has 0 aliphatic heterocycles. The average molecular weight is 478 g/mol. The van der Waals surface area contributed by atoms with Gasteiger partial charge >= 0.3 is 0 Å². The Morgan fingerprint density at radius 3 is 2.28 bits per heavy atom. The van der Waals surface area contributed by atoms with Gasteiger partial charge in [-0.15, -0.1) is 35.7 Å². The second-order valence-corrected chi connectivity index (χ2v) is 6.79. The third-order valence-electron chi connectivity index (χ3n) is 4.23. The minimum absolute atomic E-state index is 0. The lowest BCUT2D eigenvalue weighted by Gasteiger charge is -2.23. The van der Waals surface area contributed by atoms with Gasteiger partial charge in [-0.3, -0.25) is 4.99 Å². The van der Waals surface area contributed by atoms with Gasteiger partial charge in [0.15, 0.2) is 5.96 Å². The second kappa shape index (κ2) is 14.7. The molecule has 0 saturated carbocycles. The van der Waals surface area contributed by atoms with Crippen molar-refractivity contribution in [2.24, 2.45) is 4.99 Å². The molecule has 0 atom stereocenters. The average Bonchev–Trinajstić information content (AvgIpc) is 2.62. The summed E-state index contributed by atoms with van der Waals surface area (Å²) in [5.41, 5.74) is 1.31. The number of nitrogens with zero attached hydrogens (tertiary/aromatic N) is 3. The van der Waals surface area contributed by atoms with Crippen LogP contribution in [0.5, 0.6) is 0 Å². The fourth-order valence-electron chi connectivity index (χ4n) is 2.66. The first kappa shape index (κ1) is 24.5. The summed E-state index contributed by atoms with van der Waals surface area (Å²) in [6.45, 7) is 9.77. The van der Waals surface area contributed by atoms with Crippen LogP contribution in [0.4, 0.5) is 0 Å². The van der Waals surface area contributed by atoms with Crippen molar-refractivity contribution in [3.8, 4) is 0 Å². The van der Waals surface area contributed by atoms with Crippen LogP contribution in [0.25, 0.3) is 0 Å². The molecule has 25 heavy (non-hydrogen) atoms. The number of hydrogen-bond acceptors (Lipinski definition) is 3. The zero-order valence-corrected chi connectivity index (χ0v) is 19.6. The van der Waals surface area contributed by atoms with Crippen LogP contribution in [-0.2, 0) is 6.54 Å². The molecular weight excluding hydrogens is 443 g/mol. The predicted molar refractivity (Wildman–Crippen MR) is 123 cm³/mol. The zero-order valence-electron chi connectivity index (χ0n) is 16.4. The van der Waals surface area contributed by atoms with Gasteiger partial charge < -0.3 is 15.1 Å². The Kier molecular flexibility index (Phi) is 14.4. The van der Waals surface area contributed by atoms with Gasteiger partial charge in [-0.25, -0.2) is 0 Å². The minimum atomic E-state index is 0. The van der Waals surface area contributed by atoms with Gasteiger partial charge in [-0.1, -0.05) is 26.0 Å². The molecule has 0 saturated heterocycles. The van der Waals surface area contributed by atoms with E-state index in [0.29, 0.717) is 0 Å². The van der Waals surface area contributed by atoms with Crippen LogP contribution in [-0.4, -0.2) is 62.3 Å². The standard InChI is InChI=1S/C19H34N4S.HI/c1-6-23(7-2)15-9-8-14-21-19(20-3)22(4)16-17-10-12-18(24-5)13-11-17;/h10-13H,6-9,14-16H2,1-5H3,(H,20,21);1H. The maximum Gasteiger partial charge on any atom is 0.193 e. The number of rotatable bonds is 10.